The van der Waals surface area contributed by atoms with Gasteiger partial charge in [0.15, 0.2) is 11.6 Å². The quantitative estimate of drug-likeness (QED) is 0.427. The van der Waals surface area contributed by atoms with Crippen LogP contribution in [0.15, 0.2) is 18.7 Å². The molecular formula is C27H38F2. The van der Waals surface area contributed by atoms with Crippen LogP contribution in [0.1, 0.15) is 87.8 Å². The van der Waals surface area contributed by atoms with Gasteiger partial charge >= 0.3 is 0 Å². The molecule has 0 aromatic heterocycles. The molecule has 0 bridgehead atoms. The highest BCUT2D eigenvalue weighted by atomic mass is 19.2. The molecule has 0 saturated heterocycles. The molecule has 3 aliphatic rings. The van der Waals surface area contributed by atoms with Crippen molar-refractivity contribution in [2.24, 2.45) is 29.6 Å². The molecule has 2 heteroatoms. The van der Waals surface area contributed by atoms with Crippen LogP contribution in [0, 0.1) is 41.2 Å². The van der Waals surface area contributed by atoms with Crippen LogP contribution in [0.4, 0.5) is 8.78 Å². The standard InChI is InChI=1S/C27H38F2/c1-3-5-7-24-16-23-13-12-22(17-25(23)27(29)26(24)28)21-11-10-19-14-18(6-4-2)8-9-20(19)15-21/h3,16,18-22H,1,4-15,17H2,2H3. The van der Waals surface area contributed by atoms with Crippen molar-refractivity contribution < 1.29 is 8.78 Å². The number of benzene rings is 1. The topological polar surface area (TPSA) is 0 Å². The molecule has 0 spiro atoms. The van der Waals surface area contributed by atoms with Crippen molar-refractivity contribution in [3.8, 4) is 0 Å². The van der Waals surface area contributed by atoms with Crippen LogP contribution in [-0.4, -0.2) is 0 Å². The molecule has 0 heterocycles. The van der Waals surface area contributed by atoms with Gasteiger partial charge in [0, 0.05) is 0 Å². The second-order valence-corrected chi connectivity index (χ2v) is 10.2. The number of hydrogen-bond acceptors (Lipinski definition) is 0. The maximum absolute atomic E-state index is 14.9. The Morgan fingerprint density at radius 1 is 0.966 bits per heavy atom. The van der Waals surface area contributed by atoms with E-state index in [0.29, 0.717) is 29.9 Å². The molecule has 29 heavy (non-hydrogen) atoms. The number of aryl methyl sites for hydroxylation is 2. The first kappa shape index (κ1) is 21.1. The summed E-state index contributed by atoms with van der Waals surface area (Å²) in [5, 5.41) is 0. The fraction of sp³-hybridized carbons (Fsp3) is 0.704. The van der Waals surface area contributed by atoms with Crippen LogP contribution in [0.5, 0.6) is 0 Å². The molecular weight excluding hydrogens is 362 g/mol. The third kappa shape index (κ3) is 4.47. The maximum Gasteiger partial charge on any atom is 0.162 e. The maximum atomic E-state index is 14.9. The van der Waals surface area contributed by atoms with Crippen LogP contribution in [-0.2, 0) is 19.3 Å². The molecule has 1 aromatic carbocycles. The van der Waals surface area contributed by atoms with Gasteiger partial charge in [0.1, 0.15) is 0 Å². The normalized spacial score (nSPS) is 31.8. The largest absolute Gasteiger partial charge is 0.203 e. The van der Waals surface area contributed by atoms with Crippen LogP contribution in [0.25, 0.3) is 0 Å². The summed E-state index contributed by atoms with van der Waals surface area (Å²) in [6.07, 6.45) is 16.9. The summed E-state index contributed by atoms with van der Waals surface area (Å²) in [6, 6.07) is 1.94. The predicted octanol–water partition coefficient (Wildman–Crippen LogP) is 7.82. The first-order valence-corrected chi connectivity index (χ1v) is 12.2. The molecule has 1 aromatic rings. The molecule has 0 nitrogen and oxygen atoms in total. The van der Waals surface area contributed by atoms with Crippen molar-refractivity contribution in [2.75, 3.05) is 0 Å². The molecule has 160 valence electrons. The van der Waals surface area contributed by atoms with Crippen molar-refractivity contribution in [3.63, 3.8) is 0 Å². The second kappa shape index (κ2) is 9.31. The van der Waals surface area contributed by atoms with E-state index in [0.717, 1.165) is 48.5 Å². The minimum Gasteiger partial charge on any atom is -0.203 e. The lowest BCUT2D eigenvalue weighted by molar-refractivity contribution is 0.0691. The van der Waals surface area contributed by atoms with Gasteiger partial charge in [-0.3, -0.25) is 0 Å². The first-order valence-electron chi connectivity index (χ1n) is 12.2. The van der Waals surface area contributed by atoms with Crippen molar-refractivity contribution in [2.45, 2.75) is 90.4 Å². The zero-order valence-corrected chi connectivity index (χ0v) is 18.2. The highest BCUT2D eigenvalue weighted by Gasteiger charge is 2.39. The highest BCUT2D eigenvalue weighted by Crippen LogP contribution is 2.49. The van der Waals surface area contributed by atoms with Gasteiger partial charge in [-0.25, -0.2) is 8.78 Å². The number of fused-ring (bicyclic) bond motifs is 2. The molecule has 2 saturated carbocycles. The zero-order chi connectivity index (χ0) is 20.4. The lowest BCUT2D eigenvalue weighted by Gasteiger charge is -2.45. The van der Waals surface area contributed by atoms with Gasteiger partial charge in [-0.15, -0.1) is 6.58 Å². The fourth-order valence-electron chi connectivity index (χ4n) is 6.89. The fourth-order valence-corrected chi connectivity index (χ4v) is 6.89. The monoisotopic (exact) mass is 400 g/mol. The van der Waals surface area contributed by atoms with Gasteiger partial charge in [-0.05, 0) is 110 Å². The summed E-state index contributed by atoms with van der Waals surface area (Å²) in [5.41, 5.74) is 2.28. The minimum atomic E-state index is -0.607. The Morgan fingerprint density at radius 3 is 2.45 bits per heavy atom. The predicted molar refractivity (Wildman–Crippen MR) is 117 cm³/mol. The molecule has 0 radical (unpaired) electrons. The van der Waals surface area contributed by atoms with E-state index in [1.54, 1.807) is 6.08 Å². The van der Waals surface area contributed by atoms with E-state index >= 15 is 0 Å². The SMILES string of the molecule is C=CCCc1cc2c(c(F)c1F)CC(C1CCC3CC(CCC)CCC3C1)CC2. The Morgan fingerprint density at radius 2 is 1.69 bits per heavy atom. The molecule has 2 fully saturated rings. The Bertz CT molecular complexity index is 722. The summed E-state index contributed by atoms with van der Waals surface area (Å²) >= 11 is 0. The molecule has 4 rings (SSSR count). The first-order chi connectivity index (χ1) is 14.1. The summed E-state index contributed by atoms with van der Waals surface area (Å²) in [6.45, 7) is 6.02. The number of allylic oxidation sites excluding steroid dienone is 1. The Labute approximate surface area is 176 Å². The molecule has 0 N–H and O–H groups in total. The van der Waals surface area contributed by atoms with Crippen LogP contribution in [0.2, 0.25) is 0 Å². The number of halogens is 2. The highest BCUT2D eigenvalue weighted by molar-refractivity contribution is 5.37. The van der Waals surface area contributed by atoms with E-state index < -0.39 is 11.6 Å². The summed E-state index contributed by atoms with van der Waals surface area (Å²) < 4.78 is 29.5. The van der Waals surface area contributed by atoms with Gasteiger partial charge in [-0.1, -0.05) is 38.3 Å². The van der Waals surface area contributed by atoms with Crippen molar-refractivity contribution in [1.82, 2.24) is 0 Å². The molecule has 5 unspecified atom stereocenters. The van der Waals surface area contributed by atoms with E-state index in [1.807, 2.05) is 6.07 Å². The Kier molecular flexibility index (Phi) is 6.76. The van der Waals surface area contributed by atoms with Crippen molar-refractivity contribution in [1.29, 1.82) is 0 Å². The molecule has 0 amide bonds. The van der Waals surface area contributed by atoms with E-state index in [2.05, 4.69) is 13.5 Å². The average Bonchev–Trinajstić information content (AvgIpc) is 2.75. The summed E-state index contributed by atoms with van der Waals surface area (Å²) in [7, 11) is 0. The lowest BCUT2D eigenvalue weighted by atomic mass is 9.61. The van der Waals surface area contributed by atoms with E-state index in [1.165, 1.54) is 51.4 Å². The number of rotatable bonds is 6. The summed E-state index contributed by atoms with van der Waals surface area (Å²) in [4.78, 5) is 0. The van der Waals surface area contributed by atoms with Gasteiger partial charge < -0.3 is 0 Å². The van der Waals surface area contributed by atoms with Crippen molar-refractivity contribution in [3.05, 3.63) is 47.0 Å². The van der Waals surface area contributed by atoms with Crippen LogP contribution in [0.3, 0.4) is 0 Å². The third-order valence-electron chi connectivity index (χ3n) is 8.47. The molecule has 0 aliphatic heterocycles. The zero-order valence-electron chi connectivity index (χ0n) is 18.2. The van der Waals surface area contributed by atoms with Crippen LogP contribution >= 0.6 is 0 Å². The van der Waals surface area contributed by atoms with Crippen LogP contribution < -0.4 is 0 Å². The Hall–Kier alpha value is -1.18. The van der Waals surface area contributed by atoms with E-state index in [-0.39, 0.29) is 0 Å². The molecule has 3 aliphatic carbocycles. The van der Waals surface area contributed by atoms with E-state index in [9.17, 15) is 8.78 Å². The van der Waals surface area contributed by atoms with Gasteiger partial charge in [0.05, 0.1) is 0 Å². The minimum absolute atomic E-state index is 0.531. The van der Waals surface area contributed by atoms with Gasteiger partial charge in [0.2, 0.25) is 0 Å². The molecule has 5 atom stereocenters. The Balaban J connectivity index is 1.42. The second-order valence-electron chi connectivity index (χ2n) is 10.2. The van der Waals surface area contributed by atoms with Crippen molar-refractivity contribution >= 4 is 0 Å². The summed E-state index contributed by atoms with van der Waals surface area (Å²) in [5.74, 6) is 2.90. The lowest BCUT2D eigenvalue weighted by Crippen LogP contribution is -2.35. The van der Waals surface area contributed by atoms with Gasteiger partial charge in [-0.2, -0.15) is 0 Å². The third-order valence-corrected chi connectivity index (χ3v) is 8.47. The average molecular weight is 401 g/mol. The number of hydrogen-bond donors (Lipinski definition) is 0. The van der Waals surface area contributed by atoms with Gasteiger partial charge in [0.25, 0.3) is 0 Å². The smallest absolute Gasteiger partial charge is 0.162 e. The van der Waals surface area contributed by atoms with E-state index in [4.69, 9.17) is 0 Å².